The second-order valence-electron chi connectivity index (χ2n) is 19.2. The second-order valence-corrected chi connectivity index (χ2v) is 19.2. The van der Waals surface area contributed by atoms with Crippen LogP contribution in [0.2, 0.25) is 0 Å². The Kier molecular flexibility index (Phi) is 9.70. The summed E-state index contributed by atoms with van der Waals surface area (Å²) in [5, 5.41) is 87.0. The Morgan fingerprint density at radius 3 is 2.24 bits per heavy atom. The lowest BCUT2D eigenvalue weighted by Gasteiger charge is -2.73. The molecule has 290 valence electrons. The van der Waals surface area contributed by atoms with Gasteiger partial charge in [0.15, 0.2) is 6.29 Å². The average Bonchev–Trinajstić information content (AvgIpc) is 3.64. The van der Waals surface area contributed by atoms with Crippen LogP contribution in [0, 0.1) is 56.2 Å². The van der Waals surface area contributed by atoms with E-state index in [4.69, 9.17) is 9.47 Å². The molecule has 0 spiro atoms. The van der Waals surface area contributed by atoms with Gasteiger partial charge in [-0.3, -0.25) is 4.79 Å². The van der Waals surface area contributed by atoms with Crippen LogP contribution in [0.15, 0.2) is 11.6 Å². The molecule has 0 amide bonds. The number of carboxylic acid groups (broad SMARTS) is 1. The van der Waals surface area contributed by atoms with Crippen LogP contribution in [0.25, 0.3) is 0 Å². The fraction of sp³-hybridized carbons (Fsp3) is 0.925. The van der Waals surface area contributed by atoms with Crippen LogP contribution in [0.5, 0.6) is 0 Å². The molecule has 0 aromatic carbocycles. The molecule has 0 radical (unpaired) electrons. The molecule has 1 heterocycles. The number of aliphatic carboxylic acids is 1. The van der Waals surface area contributed by atoms with Gasteiger partial charge in [0.1, 0.15) is 18.3 Å². The highest BCUT2D eigenvalue weighted by Gasteiger charge is 2.74. The van der Waals surface area contributed by atoms with Crippen molar-refractivity contribution in [3.05, 3.63) is 11.6 Å². The highest BCUT2D eigenvalue weighted by atomic mass is 16.7. The highest BCUT2D eigenvalue weighted by Crippen LogP contribution is 2.78. The van der Waals surface area contributed by atoms with Crippen molar-refractivity contribution in [2.45, 2.75) is 154 Å². The zero-order valence-electron chi connectivity index (χ0n) is 31.0. The third-order valence-electron chi connectivity index (χ3n) is 17.1. The molecule has 0 aromatic rings. The number of allylic oxidation sites excluding steroid dienone is 2. The van der Waals surface area contributed by atoms with E-state index in [0.717, 1.165) is 38.5 Å². The summed E-state index contributed by atoms with van der Waals surface area (Å²) in [6.07, 6.45) is 3.82. The molecule has 6 fully saturated rings. The highest BCUT2D eigenvalue weighted by molar-refractivity contribution is 5.76. The van der Waals surface area contributed by atoms with Gasteiger partial charge in [0.25, 0.3) is 0 Å². The molecule has 11 heteroatoms. The van der Waals surface area contributed by atoms with Gasteiger partial charge < -0.3 is 50.3 Å². The van der Waals surface area contributed by atoms with Gasteiger partial charge in [0, 0.05) is 17.4 Å². The van der Waals surface area contributed by atoms with E-state index in [0.29, 0.717) is 50.9 Å². The molecule has 6 aliphatic carbocycles. The van der Waals surface area contributed by atoms with Crippen molar-refractivity contribution in [3.8, 4) is 0 Å². The minimum Gasteiger partial charge on any atom is -0.481 e. The maximum Gasteiger partial charge on any atom is 0.310 e. The maximum atomic E-state index is 13.3. The van der Waals surface area contributed by atoms with Crippen molar-refractivity contribution < 1.29 is 55.1 Å². The minimum absolute atomic E-state index is 0.0396. The zero-order valence-corrected chi connectivity index (χ0v) is 31.0. The topological polar surface area (TPSA) is 197 Å². The summed E-state index contributed by atoms with van der Waals surface area (Å²) in [6.45, 7) is 7.89. The molecule has 0 unspecified atom stereocenters. The first-order chi connectivity index (χ1) is 24.0. The van der Waals surface area contributed by atoms with Gasteiger partial charge in [-0.1, -0.05) is 52.2 Å². The van der Waals surface area contributed by atoms with E-state index >= 15 is 0 Å². The first kappa shape index (κ1) is 38.1. The Balaban J connectivity index is 1.31. The number of carboxylic acids is 1. The molecule has 7 rings (SSSR count). The average molecular weight is 721 g/mol. The predicted molar refractivity (Wildman–Crippen MR) is 186 cm³/mol. The van der Waals surface area contributed by atoms with Gasteiger partial charge in [-0.25, -0.2) is 0 Å². The van der Waals surface area contributed by atoms with E-state index in [-0.39, 0.29) is 47.2 Å². The normalized spacial score (nSPS) is 53.6. The molecule has 0 aromatic heterocycles. The molecule has 8 N–H and O–H groups in total. The van der Waals surface area contributed by atoms with Crippen LogP contribution in [-0.2, 0) is 14.3 Å². The van der Waals surface area contributed by atoms with Crippen molar-refractivity contribution in [2.24, 2.45) is 56.2 Å². The molecular weight excluding hydrogens is 656 g/mol. The molecule has 0 bridgehead atoms. The first-order valence-corrected chi connectivity index (χ1v) is 19.8. The van der Waals surface area contributed by atoms with Crippen LogP contribution >= 0.6 is 0 Å². The second kappa shape index (κ2) is 13.0. The molecule has 1 saturated heterocycles. The number of carbonyl (C=O) groups is 1. The van der Waals surface area contributed by atoms with E-state index in [9.17, 15) is 45.6 Å². The largest absolute Gasteiger partial charge is 0.481 e. The van der Waals surface area contributed by atoms with Crippen molar-refractivity contribution >= 4 is 5.97 Å². The maximum absolute atomic E-state index is 13.3. The molecule has 11 nitrogen and oxygen atoms in total. The summed E-state index contributed by atoms with van der Waals surface area (Å²) in [5.41, 5.74) is -1.95. The number of rotatable bonds is 7. The van der Waals surface area contributed by atoms with Gasteiger partial charge in [0.05, 0.1) is 36.9 Å². The number of fused-ring (bicyclic) bond motifs is 7. The fourth-order valence-electron chi connectivity index (χ4n) is 14.4. The Morgan fingerprint density at radius 1 is 0.902 bits per heavy atom. The van der Waals surface area contributed by atoms with E-state index in [1.807, 2.05) is 6.92 Å². The minimum atomic E-state index is -1.57. The number of hydrogen-bond acceptors (Lipinski definition) is 10. The zero-order chi connectivity index (χ0) is 36.9. The SMILES string of the molecule is C[C@]1(CO)CC[C@]2(C(=O)O)CC[C@]3(C4CCCC4)C(=CC[C@@H]4[C@@]5(C)C[C@@H](O)[C@@H](O[C@@H]6OC[C@@H](O)[C@H](O)[C@H]6O)[C@@](C)([C@H](O)CO)[C@H]5CC[C@]43C)[C@@H]2C1. The summed E-state index contributed by atoms with van der Waals surface area (Å²) in [5.74, 6) is -0.546. The molecule has 7 aliphatic rings. The van der Waals surface area contributed by atoms with E-state index in [1.54, 1.807) is 0 Å². The molecular formula is C40H64O11. The molecule has 1 aliphatic heterocycles. The predicted octanol–water partition coefficient (Wildman–Crippen LogP) is 3.14. The Bertz CT molecular complexity index is 1370. The van der Waals surface area contributed by atoms with Gasteiger partial charge in [0.2, 0.25) is 0 Å². The fourth-order valence-corrected chi connectivity index (χ4v) is 14.4. The molecule has 51 heavy (non-hydrogen) atoms. The van der Waals surface area contributed by atoms with Crippen molar-refractivity contribution in [2.75, 3.05) is 19.8 Å². The Hall–Kier alpha value is -1.15. The molecule has 16 atom stereocenters. The standard InChI is InChI=1S/C40H64O11/c1-35(21-42)13-14-39(34(48)49)15-16-40(22-7-5-6-8-22)23(24(39)17-35)9-10-27-36(2)18-25(43)32(51-33-31(47)30(46)26(44)20-50-33)38(4,29(45)19-41)28(36)11-12-37(27,40)3/h9,22,24-33,41-47H,5-8,10-21H2,1-4H3,(H,48,49)/t24-,25+,26+,27+,28-,29+,30-,31+,32+,33-,35-,36+,37+,38+,39-,40-/m0/s1. The Morgan fingerprint density at radius 2 is 1.59 bits per heavy atom. The summed E-state index contributed by atoms with van der Waals surface area (Å²) in [4.78, 5) is 13.3. The van der Waals surface area contributed by atoms with Gasteiger partial charge in [-0.15, -0.1) is 0 Å². The van der Waals surface area contributed by atoms with E-state index in [1.165, 1.54) is 5.57 Å². The number of hydrogen-bond donors (Lipinski definition) is 8. The van der Waals surface area contributed by atoms with E-state index in [2.05, 4.69) is 26.8 Å². The third-order valence-corrected chi connectivity index (χ3v) is 17.1. The lowest BCUT2D eigenvalue weighted by Crippen LogP contribution is -2.71. The van der Waals surface area contributed by atoms with Crippen molar-refractivity contribution in [1.29, 1.82) is 0 Å². The first-order valence-electron chi connectivity index (χ1n) is 19.8. The van der Waals surface area contributed by atoms with Gasteiger partial charge in [-0.2, -0.15) is 0 Å². The quantitative estimate of drug-likeness (QED) is 0.142. The van der Waals surface area contributed by atoms with Crippen LogP contribution in [0.1, 0.15) is 111 Å². The third kappa shape index (κ3) is 5.18. The monoisotopic (exact) mass is 720 g/mol. The van der Waals surface area contributed by atoms with Gasteiger partial charge >= 0.3 is 5.97 Å². The summed E-state index contributed by atoms with van der Waals surface area (Å²) in [6, 6.07) is 0. The summed E-state index contributed by atoms with van der Waals surface area (Å²) in [7, 11) is 0. The lowest BCUT2D eigenvalue weighted by atomic mass is 9.31. The van der Waals surface area contributed by atoms with Crippen LogP contribution in [-0.4, -0.2) is 110 Å². The van der Waals surface area contributed by atoms with E-state index < -0.39 is 71.7 Å². The number of aliphatic hydroxyl groups excluding tert-OH is 7. The van der Waals surface area contributed by atoms with Crippen molar-refractivity contribution in [3.63, 3.8) is 0 Å². The summed E-state index contributed by atoms with van der Waals surface area (Å²) >= 11 is 0. The number of aliphatic hydroxyl groups is 7. The molecule has 5 saturated carbocycles. The smallest absolute Gasteiger partial charge is 0.310 e. The Labute approximate surface area is 302 Å². The van der Waals surface area contributed by atoms with Crippen LogP contribution in [0.3, 0.4) is 0 Å². The van der Waals surface area contributed by atoms with Crippen LogP contribution in [0.4, 0.5) is 0 Å². The van der Waals surface area contributed by atoms with Crippen LogP contribution < -0.4 is 0 Å². The van der Waals surface area contributed by atoms with Gasteiger partial charge in [-0.05, 0) is 111 Å². The summed E-state index contributed by atoms with van der Waals surface area (Å²) < 4.78 is 11.9. The number of ether oxygens (including phenoxy) is 2. The lowest BCUT2D eigenvalue weighted by molar-refractivity contribution is -0.336. The van der Waals surface area contributed by atoms with Crippen molar-refractivity contribution in [1.82, 2.24) is 0 Å².